The number of ether oxygens (including phenoxy) is 2. The van der Waals surface area contributed by atoms with Crippen molar-refractivity contribution in [3.8, 4) is 5.75 Å². The molecule has 116 valence electrons. The Morgan fingerprint density at radius 1 is 1.19 bits per heavy atom. The van der Waals surface area contributed by atoms with Gasteiger partial charge in [0.1, 0.15) is 5.75 Å². The molecule has 1 heterocycles. The van der Waals surface area contributed by atoms with Crippen LogP contribution in [0.4, 0.5) is 0 Å². The Labute approximate surface area is 127 Å². The fourth-order valence-corrected chi connectivity index (χ4v) is 2.70. The number of hydrogen-bond donors (Lipinski definition) is 0. The van der Waals surface area contributed by atoms with Gasteiger partial charge in [-0.05, 0) is 57.5 Å². The van der Waals surface area contributed by atoms with E-state index in [9.17, 15) is 4.79 Å². The van der Waals surface area contributed by atoms with Crippen LogP contribution in [0.2, 0.25) is 0 Å². The summed E-state index contributed by atoms with van der Waals surface area (Å²) in [5.41, 5.74) is 0. The summed E-state index contributed by atoms with van der Waals surface area (Å²) in [6.07, 6.45) is 4.04. The molecular formula is C17H25NO3. The molecule has 0 radical (unpaired) electrons. The van der Waals surface area contributed by atoms with E-state index >= 15 is 0 Å². The number of likely N-dealkylation sites (tertiary alicyclic amines) is 1. The van der Waals surface area contributed by atoms with E-state index in [1.807, 2.05) is 30.3 Å². The van der Waals surface area contributed by atoms with E-state index in [0.29, 0.717) is 0 Å². The second-order valence-electron chi connectivity index (χ2n) is 5.51. The minimum Gasteiger partial charge on any atom is -0.494 e. The number of methoxy groups -OCH3 is 1. The summed E-state index contributed by atoms with van der Waals surface area (Å²) in [5, 5.41) is 0. The van der Waals surface area contributed by atoms with Crippen LogP contribution in [0.1, 0.15) is 25.7 Å². The van der Waals surface area contributed by atoms with Crippen molar-refractivity contribution >= 4 is 5.97 Å². The van der Waals surface area contributed by atoms with E-state index in [-0.39, 0.29) is 11.9 Å². The van der Waals surface area contributed by atoms with Gasteiger partial charge in [0.25, 0.3) is 0 Å². The standard InChI is InChI=1S/C17H25NO3/c1-20-17(19)15-9-12-18(13-10-15)11-5-6-14-21-16-7-3-2-4-8-16/h2-4,7-8,15H,5-6,9-14H2,1H3. The molecule has 0 saturated carbocycles. The van der Waals surface area contributed by atoms with E-state index in [1.165, 1.54) is 7.11 Å². The quantitative estimate of drug-likeness (QED) is 0.572. The molecule has 4 nitrogen and oxygen atoms in total. The van der Waals surface area contributed by atoms with Gasteiger partial charge in [-0.25, -0.2) is 0 Å². The SMILES string of the molecule is COC(=O)C1CCN(CCCCOc2ccccc2)CC1. The van der Waals surface area contributed by atoms with Gasteiger partial charge in [-0.1, -0.05) is 18.2 Å². The summed E-state index contributed by atoms with van der Waals surface area (Å²) in [7, 11) is 1.47. The molecule has 1 fully saturated rings. The number of hydrogen-bond acceptors (Lipinski definition) is 4. The zero-order valence-electron chi connectivity index (χ0n) is 12.8. The van der Waals surface area contributed by atoms with Crippen molar-refractivity contribution in [2.24, 2.45) is 5.92 Å². The first-order valence-corrected chi connectivity index (χ1v) is 7.77. The predicted molar refractivity (Wildman–Crippen MR) is 82.4 cm³/mol. The van der Waals surface area contributed by atoms with Crippen LogP contribution in [0.3, 0.4) is 0 Å². The molecule has 4 heteroatoms. The Morgan fingerprint density at radius 2 is 1.90 bits per heavy atom. The second kappa shape index (κ2) is 8.67. The van der Waals surface area contributed by atoms with Gasteiger partial charge in [0.2, 0.25) is 0 Å². The molecule has 0 atom stereocenters. The van der Waals surface area contributed by atoms with E-state index in [0.717, 1.165) is 57.7 Å². The highest BCUT2D eigenvalue weighted by Gasteiger charge is 2.24. The summed E-state index contributed by atoms with van der Waals surface area (Å²) in [4.78, 5) is 13.9. The van der Waals surface area contributed by atoms with Crippen molar-refractivity contribution in [1.29, 1.82) is 0 Å². The Morgan fingerprint density at radius 3 is 2.57 bits per heavy atom. The molecule has 0 bridgehead atoms. The van der Waals surface area contributed by atoms with E-state index < -0.39 is 0 Å². The molecule has 0 unspecified atom stereocenters. The second-order valence-corrected chi connectivity index (χ2v) is 5.51. The van der Waals surface area contributed by atoms with Crippen molar-refractivity contribution in [2.75, 3.05) is 33.4 Å². The van der Waals surface area contributed by atoms with Crippen LogP contribution >= 0.6 is 0 Å². The molecule has 0 aliphatic carbocycles. The van der Waals surface area contributed by atoms with Crippen molar-refractivity contribution in [2.45, 2.75) is 25.7 Å². The van der Waals surface area contributed by atoms with Crippen molar-refractivity contribution in [1.82, 2.24) is 4.90 Å². The van der Waals surface area contributed by atoms with Gasteiger partial charge in [0.15, 0.2) is 0 Å². The molecule has 1 aromatic rings. The molecule has 0 amide bonds. The third kappa shape index (κ3) is 5.38. The highest BCUT2D eigenvalue weighted by molar-refractivity contribution is 5.72. The first kappa shape index (κ1) is 15.8. The maximum Gasteiger partial charge on any atom is 0.308 e. The summed E-state index contributed by atoms with van der Waals surface area (Å²) < 4.78 is 10.5. The van der Waals surface area contributed by atoms with Crippen LogP contribution in [0, 0.1) is 5.92 Å². The maximum atomic E-state index is 11.5. The zero-order chi connectivity index (χ0) is 14.9. The van der Waals surface area contributed by atoms with E-state index in [2.05, 4.69) is 4.90 Å². The molecule has 1 aliphatic rings. The predicted octanol–water partition coefficient (Wildman–Crippen LogP) is 2.73. The fraction of sp³-hybridized carbons (Fsp3) is 0.588. The Bertz CT molecular complexity index is 413. The van der Waals surface area contributed by atoms with Gasteiger partial charge in [-0.3, -0.25) is 4.79 Å². The first-order valence-electron chi connectivity index (χ1n) is 7.77. The normalized spacial score (nSPS) is 16.6. The third-order valence-electron chi connectivity index (χ3n) is 4.00. The Kier molecular flexibility index (Phi) is 6.54. The number of para-hydroxylation sites is 1. The maximum absolute atomic E-state index is 11.5. The smallest absolute Gasteiger partial charge is 0.308 e. The lowest BCUT2D eigenvalue weighted by Crippen LogP contribution is -2.37. The molecule has 1 aromatic carbocycles. The van der Waals surface area contributed by atoms with Gasteiger partial charge in [-0.2, -0.15) is 0 Å². The Hall–Kier alpha value is -1.55. The van der Waals surface area contributed by atoms with Gasteiger partial charge in [0, 0.05) is 0 Å². The summed E-state index contributed by atoms with van der Waals surface area (Å²) in [6.45, 7) is 3.85. The van der Waals surface area contributed by atoms with Crippen LogP contribution in [0.25, 0.3) is 0 Å². The molecule has 0 spiro atoms. The summed E-state index contributed by atoms with van der Waals surface area (Å²) in [5.74, 6) is 0.995. The van der Waals surface area contributed by atoms with Crippen LogP contribution in [0.15, 0.2) is 30.3 Å². The average molecular weight is 291 g/mol. The lowest BCUT2D eigenvalue weighted by Gasteiger charge is -2.30. The topological polar surface area (TPSA) is 38.8 Å². The van der Waals surface area contributed by atoms with Gasteiger partial charge in [-0.15, -0.1) is 0 Å². The number of esters is 1. The summed E-state index contributed by atoms with van der Waals surface area (Å²) >= 11 is 0. The number of rotatable bonds is 7. The van der Waals surface area contributed by atoms with Crippen LogP contribution in [-0.2, 0) is 9.53 Å². The number of nitrogens with zero attached hydrogens (tertiary/aromatic N) is 1. The number of benzene rings is 1. The van der Waals surface area contributed by atoms with Gasteiger partial charge >= 0.3 is 5.97 Å². The third-order valence-corrected chi connectivity index (χ3v) is 4.00. The number of unbranched alkanes of at least 4 members (excludes halogenated alkanes) is 1. The number of piperidine rings is 1. The molecule has 21 heavy (non-hydrogen) atoms. The van der Waals surface area contributed by atoms with E-state index in [1.54, 1.807) is 0 Å². The minimum absolute atomic E-state index is 0.0501. The number of carbonyl (C=O) groups excluding carboxylic acids is 1. The lowest BCUT2D eigenvalue weighted by atomic mass is 9.97. The molecule has 1 saturated heterocycles. The molecule has 0 N–H and O–H groups in total. The molecule has 1 aliphatic heterocycles. The number of carbonyl (C=O) groups is 1. The zero-order valence-corrected chi connectivity index (χ0v) is 12.8. The van der Waals surface area contributed by atoms with Crippen LogP contribution < -0.4 is 4.74 Å². The monoisotopic (exact) mass is 291 g/mol. The lowest BCUT2D eigenvalue weighted by molar-refractivity contribution is -0.147. The van der Waals surface area contributed by atoms with Crippen molar-refractivity contribution < 1.29 is 14.3 Å². The molecule has 2 rings (SSSR count). The van der Waals surface area contributed by atoms with Crippen LogP contribution in [-0.4, -0.2) is 44.2 Å². The van der Waals surface area contributed by atoms with Crippen molar-refractivity contribution in [3.05, 3.63) is 30.3 Å². The highest BCUT2D eigenvalue weighted by Crippen LogP contribution is 2.18. The highest BCUT2D eigenvalue weighted by atomic mass is 16.5. The van der Waals surface area contributed by atoms with Gasteiger partial charge < -0.3 is 14.4 Å². The van der Waals surface area contributed by atoms with E-state index in [4.69, 9.17) is 9.47 Å². The molecule has 0 aromatic heterocycles. The average Bonchev–Trinajstić information content (AvgIpc) is 2.55. The minimum atomic E-state index is -0.0501. The van der Waals surface area contributed by atoms with Crippen LogP contribution in [0.5, 0.6) is 5.75 Å². The summed E-state index contributed by atoms with van der Waals surface area (Å²) in [6, 6.07) is 9.93. The van der Waals surface area contributed by atoms with Crippen molar-refractivity contribution in [3.63, 3.8) is 0 Å². The fourth-order valence-electron chi connectivity index (χ4n) is 2.70. The Balaban J connectivity index is 1.53. The van der Waals surface area contributed by atoms with Gasteiger partial charge in [0.05, 0.1) is 19.6 Å². The first-order chi connectivity index (χ1) is 10.3. The largest absolute Gasteiger partial charge is 0.494 e. The molecular weight excluding hydrogens is 266 g/mol.